The van der Waals surface area contributed by atoms with Gasteiger partial charge in [0.15, 0.2) is 0 Å². The van der Waals surface area contributed by atoms with Crippen LogP contribution in [-0.4, -0.2) is 11.7 Å². The number of hydrogen-bond acceptors (Lipinski definition) is 1. The van der Waals surface area contributed by atoms with Gasteiger partial charge in [-0.1, -0.05) is 13.8 Å². The van der Waals surface area contributed by atoms with Crippen LogP contribution in [0.15, 0.2) is 24.3 Å². The molecule has 0 fully saturated rings. The first-order valence-electron chi connectivity index (χ1n) is 5.88. The first-order valence-corrected chi connectivity index (χ1v) is 5.88. The summed E-state index contributed by atoms with van der Waals surface area (Å²) in [6, 6.07) is 6.93. The quantitative estimate of drug-likeness (QED) is 0.790. The Balaban J connectivity index is 2.54. The van der Waals surface area contributed by atoms with Gasteiger partial charge in [0, 0.05) is 30.3 Å². The number of hydrogen-bond donors (Lipinski definition) is 0. The molecule has 0 unspecified atom stereocenters. The fraction of sp³-hybridized carbons (Fsp3) is 0.429. The third-order valence-electron chi connectivity index (χ3n) is 2.79. The van der Waals surface area contributed by atoms with E-state index in [9.17, 15) is 4.39 Å². The Morgan fingerprint density at radius 2 is 2.06 bits per heavy atom. The Labute approximate surface area is 101 Å². The summed E-state index contributed by atoms with van der Waals surface area (Å²) in [5, 5.41) is 0.942. The molecule has 1 heterocycles. The van der Waals surface area contributed by atoms with Gasteiger partial charge in [0.1, 0.15) is 5.82 Å². The van der Waals surface area contributed by atoms with E-state index in [0.29, 0.717) is 12.5 Å². The molecular formula is C14H18FNO. The molecule has 0 amide bonds. The molecule has 1 aromatic heterocycles. The molecule has 0 radical (unpaired) electrons. The molecule has 92 valence electrons. The standard InChI is InChI=1S/C14H18FNO/c1-10(2)8-16-13(9-17-3)7-11-6-12(15)4-5-14(11)16/h4-7,10H,8-9H2,1-3H3. The molecule has 0 bridgehead atoms. The molecule has 0 saturated heterocycles. The summed E-state index contributed by atoms with van der Waals surface area (Å²) in [6.45, 7) is 5.83. The van der Waals surface area contributed by atoms with Gasteiger partial charge >= 0.3 is 0 Å². The molecule has 0 aliphatic rings. The lowest BCUT2D eigenvalue weighted by Crippen LogP contribution is -2.08. The zero-order valence-electron chi connectivity index (χ0n) is 10.5. The van der Waals surface area contributed by atoms with E-state index in [0.717, 1.165) is 23.1 Å². The molecule has 0 atom stereocenters. The van der Waals surface area contributed by atoms with Gasteiger partial charge in [-0.25, -0.2) is 4.39 Å². The van der Waals surface area contributed by atoms with E-state index in [1.54, 1.807) is 13.2 Å². The fourth-order valence-electron chi connectivity index (χ4n) is 2.15. The molecule has 0 saturated carbocycles. The van der Waals surface area contributed by atoms with Crippen LogP contribution in [-0.2, 0) is 17.9 Å². The van der Waals surface area contributed by atoms with E-state index in [1.165, 1.54) is 6.07 Å². The minimum atomic E-state index is -0.192. The molecule has 0 aliphatic heterocycles. The minimum Gasteiger partial charge on any atom is -0.378 e. The van der Waals surface area contributed by atoms with Crippen molar-refractivity contribution in [3.63, 3.8) is 0 Å². The monoisotopic (exact) mass is 235 g/mol. The van der Waals surface area contributed by atoms with Crippen LogP contribution in [0.4, 0.5) is 4.39 Å². The molecule has 3 heteroatoms. The third kappa shape index (κ3) is 2.50. The maximum Gasteiger partial charge on any atom is 0.123 e. The van der Waals surface area contributed by atoms with Crippen LogP contribution in [0.25, 0.3) is 10.9 Å². The van der Waals surface area contributed by atoms with E-state index in [2.05, 4.69) is 18.4 Å². The van der Waals surface area contributed by atoms with E-state index >= 15 is 0 Å². The summed E-state index contributed by atoms with van der Waals surface area (Å²) in [5.41, 5.74) is 2.17. The first-order chi connectivity index (χ1) is 8.11. The van der Waals surface area contributed by atoms with Gasteiger partial charge in [0.2, 0.25) is 0 Å². The Morgan fingerprint density at radius 3 is 2.71 bits per heavy atom. The second-order valence-corrected chi connectivity index (χ2v) is 4.78. The third-order valence-corrected chi connectivity index (χ3v) is 2.79. The zero-order chi connectivity index (χ0) is 12.4. The molecule has 17 heavy (non-hydrogen) atoms. The average Bonchev–Trinajstić information content (AvgIpc) is 2.56. The van der Waals surface area contributed by atoms with Gasteiger partial charge in [-0.15, -0.1) is 0 Å². The fourth-order valence-corrected chi connectivity index (χ4v) is 2.15. The number of aromatic nitrogens is 1. The van der Waals surface area contributed by atoms with E-state index in [4.69, 9.17) is 4.74 Å². The summed E-state index contributed by atoms with van der Waals surface area (Å²) in [7, 11) is 1.68. The minimum absolute atomic E-state index is 0.192. The second kappa shape index (κ2) is 4.88. The smallest absolute Gasteiger partial charge is 0.123 e. The van der Waals surface area contributed by atoms with E-state index in [-0.39, 0.29) is 5.82 Å². The SMILES string of the molecule is COCc1cc2cc(F)ccc2n1CC(C)C. The first kappa shape index (κ1) is 12.1. The van der Waals surface area contributed by atoms with Crippen molar-refractivity contribution in [2.24, 2.45) is 5.92 Å². The predicted octanol–water partition coefficient (Wildman–Crippen LogP) is 3.58. The van der Waals surface area contributed by atoms with Crippen LogP contribution >= 0.6 is 0 Å². The van der Waals surface area contributed by atoms with Crippen LogP contribution in [0.2, 0.25) is 0 Å². The molecule has 0 aliphatic carbocycles. The number of benzene rings is 1. The van der Waals surface area contributed by atoms with Crippen LogP contribution in [0, 0.1) is 11.7 Å². The number of ether oxygens (including phenoxy) is 1. The van der Waals surface area contributed by atoms with E-state index < -0.39 is 0 Å². The van der Waals surface area contributed by atoms with Crippen molar-refractivity contribution in [3.05, 3.63) is 35.8 Å². The summed E-state index contributed by atoms with van der Waals surface area (Å²) in [4.78, 5) is 0. The summed E-state index contributed by atoms with van der Waals surface area (Å²) >= 11 is 0. The van der Waals surface area contributed by atoms with Crippen LogP contribution in [0.5, 0.6) is 0 Å². The van der Waals surface area contributed by atoms with Gasteiger partial charge < -0.3 is 9.30 Å². The number of fused-ring (bicyclic) bond motifs is 1. The Bertz CT molecular complexity index is 516. The van der Waals surface area contributed by atoms with Crippen LogP contribution in [0.3, 0.4) is 0 Å². The molecular weight excluding hydrogens is 217 g/mol. The average molecular weight is 235 g/mol. The normalized spacial score (nSPS) is 11.6. The summed E-state index contributed by atoms with van der Waals surface area (Å²) in [6.07, 6.45) is 0. The highest BCUT2D eigenvalue weighted by molar-refractivity contribution is 5.81. The summed E-state index contributed by atoms with van der Waals surface area (Å²) < 4.78 is 20.6. The molecule has 0 spiro atoms. The van der Waals surface area contributed by atoms with E-state index in [1.807, 2.05) is 12.1 Å². The van der Waals surface area contributed by atoms with Crippen molar-refractivity contribution in [1.29, 1.82) is 0 Å². The number of rotatable bonds is 4. The Hall–Kier alpha value is -1.35. The lowest BCUT2D eigenvalue weighted by atomic mass is 10.2. The predicted molar refractivity (Wildman–Crippen MR) is 67.4 cm³/mol. The number of nitrogens with zero attached hydrogens (tertiary/aromatic N) is 1. The van der Waals surface area contributed by atoms with Gasteiger partial charge in [-0.3, -0.25) is 0 Å². The Kier molecular flexibility index (Phi) is 3.48. The van der Waals surface area contributed by atoms with Crippen molar-refractivity contribution in [1.82, 2.24) is 4.57 Å². The molecule has 2 rings (SSSR count). The molecule has 0 N–H and O–H groups in total. The summed E-state index contributed by atoms with van der Waals surface area (Å²) in [5.74, 6) is 0.356. The maximum atomic E-state index is 13.2. The lowest BCUT2D eigenvalue weighted by molar-refractivity contribution is 0.177. The number of halogens is 1. The molecule has 1 aromatic carbocycles. The van der Waals surface area contributed by atoms with Gasteiger partial charge in [0.25, 0.3) is 0 Å². The van der Waals surface area contributed by atoms with Crippen LogP contribution < -0.4 is 0 Å². The lowest BCUT2D eigenvalue weighted by Gasteiger charge is -2.12. The van der Waals surface area contributed by atoms with Gasteiger partial charge in [-0.2, -0.15) is 0 Å². The topological polar surface area (TPSA) is 14.2 Å². The largest absolute Gasteiger partial charge is 0.378 e. The van der Waals surface area contributed by atoms with Crippen LogP contribution in [0.1, 0.15) is 19.5 Å². The van der Waals surface area contributed by atoms with Crippen molar-refractivity contribution < 1.29 is 9.13 Å². The highest BCUT2D eigenvalue weighted by Gasteiger charge is 2.10. The highest BCUT2D eigenvalue weighted by atomic mass is 19.1. The van der Waals surface area contributed by atoms with Crippen molar-refractivity contribution >= 4 is 10.9 Å². The maximum absolute atomic E-state index is 13.2. The zero-order valence-corrected chi connectivity index (χ0v) is 10.5. The highest BCUT2D eigenvalue weighted by Crippen LogP contribution is 2.22. The molecule has 2 aromatic rings. The van der Waals surface area contributed by atoms with Gasteiger partial charge in [-0.05, 0) is 30.2 Å². The van der Waals surface area contributed by atoms with Crippen molar-refractivity contribution in [3.8, 4) is 0 Å². The van der Waals surface area contributed by atoms with Crippen molar-refractivity contribution in [2.45, 2.75) is 27.0 Å². The molecule has 2 nitrogen and oxygen atoms in total. The second-order valence-electron chi connectivity index (χ2n) is 4.78. The van der Waals surface area contributed by atoms with Crippen molar-refractivity contribution in [2.75, 3.05) is 7.11 Å². The Morgan fingerprint density at radius 1 is 1.29 bits per heavy atom. The van der Waals surface area contributed by atoms with Gasteiger partial charge in [0.05, 0.1) is 6.61 Å². The number of methoxy groups -OCH3 is 1.